The SMILES string of the molecule is CCCCCCCCCCCCCCCCCC(=O)OC(=O)C=CNC(=O)OCC. The average molecular weight is 426 g/mol. The van der Waals surface area contributed by atoms with Crippen molar-refractivity contribution in [2.75, 3.05) is 6.61 Å². The van der Waals surface area contributed by atoms with Gasteiger partial charge in [-0.3, -0.25) is 10.1 Å². The molecule has 6 heteroatoms. The summed E-state index contributed by atoms with van der Waals surface area (Å²) in [5.41, 5.74) is 0. The van der Waals surface area contributed by atoms with Gasteiger partial charge in [-0.2, -0.15) is 0 Å². The summed E-state index contributed by atoms with van der Waals surface area (Å²) >= 11 is 0. The van der Waals surface area contributed by atoms with Crippen molar-refractivity contribution in [3.8, 4) is 0 Å². The quantitative estimate of drug-likeness (QED) is 0.109. The van der Waals surface area contributed by atoms with Crippen LogP contribution in [-0.2, 0) is 19.1 Å². The minimum atomic E-state index is -0.794. The van der Waals surface area contributed by atoms with Gasteiger partial charge in [0.1, 0.15) is 0 Å². The number of carbonyl (C=O) groups is 3. The van der Waals surface area contributed by atoms with Crippen molar-refractivity contribution >= 4 is 18.0 Å². The molecule has 0 aliphatic rings. The number of unbranched alkanes of at least 4 members (excludes halogenated alkanes) is 14. The molecule has 0 atom stereocenters. The Morgan fingerprint density at radius 3 is 1.63 bits per heavy atom. The highest BCUT2D eigenvalue weighted by Crippen LogP contribution is 2.13. The maximum atomic E-state index is 11.6. The topological polar surface area (TPSA) is 81.7 Å². The summed E-state index contributed by atoms with van der Waals surface area (Å²) in [6.45, 7) is 4.17. The summed E-state index contributed by atoms with van der Waals surface area (Å²) in [4.78, 5) is 34.0. The Labute approximate surface area is 183 Å². The van der Waals surface area contributed by atoms with Gasteiger partial charge in [0.05, 0.1) is 6.61 Å². The monoisotopic (exact) mass is 425 g/mol. The van der Waals surface area contributed by atoms with Crippen LogP contribution in [0.2, 0.25) is 0 Å². The van der Waals surface area contributed by atoms with Gasteiger partial charge in [0.2, 0.25) is 0 Å². The first-order valence-electron chi connectivity index (χ1n) is 11.9. The molecule has 0 aromatic heterocycles. The first-order valence-corrected chi connectivity index (χ1v) is 11.9. The Morgan fingerprint density at radius 2 is 1.17 bits per heavy atom. The smallest absolute Gasteiger partial charge is 0.411 e. The van der Waals surface area contributed by atoms with Crippen LogP contribution in [-0.4, -0.2) is 24.6 Å². The van der Waals surface area contributed by atoms with Crippen molar-refractivity contribution in [3.05, 3.63) is 12.3 Å². The zero-order valence-corrected chi connectivity index (χ0v) is 19.2. The lowest BCUT2D eigenvalue weighted by molar-refractivity contribution is -0.156. The number of hydrogen-bond donors (Lipinski definition) is 1. The van der Waals surface area contributed by atoms with Crippen LogP contribution in [0.1, 0.15) is 117 Å². The second-order valence-corrected chi connectivity index (χ2v) is 7.69. The number of amides is 1. The Bertz CT molecular complexity index is 476. The molecule has 0 aromatic rings. The summed E-state index contributed by atoms with van der Waals surface area (Å²) in [6, 6.07) is 0. The molecule has 1 N–H and O–H groups in total. The van der Waals surface area contributed by atoms with Crippen LogP contribution < -0.4 is 5.32 Å². The predicted octanol–water partition coefficient (Wildman–Crippen LogP) is 6.58. The van der Waals surface area contributed by atoms with E-state index in [2.05, 4.69) is 21.7 Å². The van der Waals surface area contributed by atoms with E-state index in [0.717, 1.165) is 31.5 Å². The largest absolute Gasteiger partial charge is 0.450 e. The third-order valence-electron chi connectivity index (χ3n) is 4.89. The van der Waals surface area contributed by atoms with Gasteiger partial charge in [0.15, 0.2) is 0 Å². The lowest BCUT2D eigenvalue weighted by Gasteiger charge is -2.03. The molecule has 0 aromatic carbocycles. The third kappa shape index (κ3) is 20.9. The van der Waals surface area contributed by atoms with E-state index in [1.165, 1.54) is 77.0 Å². The number of esters is 2. The molecule has 30 heavy (non-hydrogen) atoms. The number of ether oxygens (including phenoxy) is 2. The Kier molecular flexibility index (Phi) is 20.5. The van der Waals surface area contributed by atoms with Crippen molar-refractivity contribution in [1.82, 2.24) is 5.32 Å². The van der Waals surface area contributed by atoms with Crippen molar-refractivity contribution in [1.29, 1.82) is 0 Å². The fraction of sp³-hybridized carbons (Fsp3) is 0.792. The summed E-state index contributed by atoms with van der Waals surface area (Å²) in [5, 5.41) is 2.23. The van der Waals surface area contributed by atoms with Crippen molar-refractivity contribution in [2.24, 2.45) is 0 Å². The molecule has 174 valence electrons. The molecule has 0 radical (unpaired) electrons. The highest BCUT2D eigenvalue weighted by molar-refractivity contribution is 5.92. The average Bonchev–Trinajstić information content (AvgIpc) is 2.71. The molecule has 0 unspecified atom stereocenters. The van der Waals surface area contributed by atoms with E-state index in [1.54, 1.807) is 6.92 Å². The molecule has 0 fully saturated rings. The number of rotatable bonds is 19. The van der Waals surface area contributed by atoms with Crippen molar-refractivity contribution < 1.29 is 23.9 Å². The van der Waals surface area contributed by atoms with E-state index in [0.29, 0.717) is 0 Å². The first kappa shape index (κ1) is 28.1. The molecule has 0 saturated heterocycles. The minimum Gasteiger partial charge on any atom is -0.450 e. The highest BCUT2D eigenvalue weighted by Gasteiger charge is 2.07. The predicted molar refractivity (Wildman–Crippen MR) is 120 cm³/mol. The van der Waals surface area contributed by atoms with E-state index >= 15 is 0 Å². The minimum absolute atomic E-state index is 0.238. The molecule has 0 saturated carbocycles. The maximum Gasteiger partial charge on any atom is 0.411 e. The standard InChI is InChI=1S/C24H43NO5/c1-3-5-6-7-8-9-10-11-12-13-14-15-16-17-18-19-22(26)30-23(27)20-21-25-24(28)29-4-2/h20-21H,3-19H2,1-2H3,(H,25,28). The summed E-state index contributed by atoms with van der Waals surface area (Å²) in [5.74, 6) is -1.33. The van der Waals surface area contributed by atoms with Crippen LogP contribution >= 0.6 is 0 Å². The maximum absolute atomic E-state index is 11.6. The Morgan fingerprint density at radius 1 is 0.700 bits per heavy atom. The van der Waals surface area contributed by atoms with Gasteiger partial charge in [-0.05, 0) is 13.3 Å². The third-order valence-corrected chi connectivity index (χ3v) is 4.89. The first-order chi connectivity index (χ1) is 14.6. The van der Waals surface area contributed by atoms with Gasteiger partial charge < -0.3 is 9.47 Å². The molecule has 0 heterocycles. The van der Waals surface area contributed by atoms with Gasteiger partial charge in [-0.1, -0.05) is 96.8 Å². The van der Waals surface area contributed by atoms with Crippen molar-refractivity contribution in [2.45, 2.75) is 117 Å². The van der Waals surface area contributed by atoms with E-state index in [4.69, 9.17) is 0 Å². The number of hydrogen-bond acceptors (Lipinski definition) is 5. The van der Waals surface area contributed by atoms with Gasteiger partial charge in [0.25, 0.3) is 0 Å². The van der Waals surface area contributed by atoms with Gasteiger partial charge >= 0.3 is 18.0 Å². The lowest BCUT2D eigenvalue weighted by atomic mass is 10.0. The Balaban J connectivity index is 3.39. The zero-order valence-electron chi connectivity index (χ0n) is 19.2. The highest BCUT2D eigenvalue weighted by atomic mass is 16.6. The van der Waals surface area contributed by atoms with Crippen LogP contribution in [0, 0.1) is 0 Å². The summed E-state index contributed by atoms with van der Waals surface area (Å²) in [7, 11) is 0. The fourth-order valence-electron chi connectivity index (χ4n) is 3.19. The number of carbonyl (C=O) groups excluding carboxylic acids is 3. The van der Waals surface area contributed by atoms with Gasteiger partial charge in [-0.15, -0.1) is 0 Å². The summed E-state index contributed by atoms with van der Waals surface area (Å²) < 4.78 is 9.28. The summed E-state index contributed by atoms with van der Waals surface area (Å²) in [6.07, 6.45) is 20.6. The van der Waals surface area contributed by atoms with Crippen LogP contribution in [0.4, 0.5) is 4.79 Å². The molecular formula is C24H43NO5. The molecule has 1 amide bonds. The molecule has 0 aliphatic carbocycles. The molecule has 0 spiro atoms. The molecule has 0 rings (SSSR count). The van der Waals surface area contributed by atoms with Crippen molar-refractivity contribution in [3.63, 3.8) is 0 Å². The number of alkyl carbamates (subject to hydrolysis) is 1. The number of nitrogens with one attached hydrogen (secondary N) is 1. The zero-order chi connectivity index (χ0) is 22.3. The van der Waals surface area contributed by atoms with Gasteiger partial charge in [0, 0.05) is 18.7 Å². The second kappa shape index (κ2) is 21.8. The fourth-order valence-corrected chi connectivity index (χ4v) is 3.19. The van der Waals surface area contributed by atoms with Crippen LogP contribution in [0.25, 0.3) is 0 Å². The van der Waals surface area contributed by atoms with E-state index < -0.39 is 18.0 Å². The molecule has 0 aliphatic heterocycles. The Hall–Kier alpha value is -1.85. The second-order valence-electron chi connectivity index (χ2n) is 7.69. The molecule has 0 bridgehead atoms. The normalized spacial score (nSPS) is 10.9. The van der Waals surface area contributed by atoms with Crippen LogP contribution in [0.3, 0.4) is 0 Å². The lowest BCUT2D eigenvalue weighted by Crippen LogP contribution is -2.19. The van der Waals surface area contributed by atoms with Crippen LogP contribution in [0.15, 0.2) is 12.3 Å². The van der Waals surface area contributed by atoms with E-state index in [9.17, 15) is 14.4 Å². The van der Waals surface area contributed by atoms with E-state index in [1.807, 2.05) is 0 Å². The molecule has 6 nitrogen and oxygen atoms in total. The van der Waals surface area contributed by atoms with E-state index in [-0.39, 0.29) is 13.0 Å². The van der Waals surface area contributed by atoms with Crippen LogP contribution in [0.5, 0.6) is 0 Å². The molecular weight excluding hydrogens is 382 g/mol. The van der Waals surface area contributed by atoms with Gasteiger partial charge in [-0.25, -0.2) is 9.59 Å².